The quantitative estimate of drug-likeness (QED) is 0.523. The molecule has 0 bridgehead atoms. The molecule has 1 aromatic heterocycles. The highest BCUT2D eigenvalue weighted by molar-refractivity contribution is 8.00. The molecule has 3 rings (SSSR count). The number of benzene rings is 2. The molecule has 0 aliphatic heterocycles. The van der Waals surface area contributed by atoms with Gasteiger partial charge in [0.25, 0.3) is 0 Å². The summed E-state index contributed by atoms with van der Waals surface area (Å²) in [6, 6.07) is 14.3. The SMILES string of the molecule is COc1ccc(CCNC(=O)Cc2csc(SCc3ccc(F)cc3)n2)cc1. The monoisotopic (exact) mass is 416 g/mol. The smallest absolute Gasteiger partial charge is 0.226 e. The van der Waals surface area contributed by atoms with Gasteiger partial charge in [0.2, 0.25) is 5.91 Å². The van der Waals surface area contributed by atoms with Crippen LogP contribution in [0.3, 0.4) is 0 Å². The maximum absolute atomic E-state index is 12.9. The van der Waals surface area contributed by atoms with Gasteiger partial charge in [0.15, 0.2) is 0 Å². The lowest BCUT2D eigenvalue weighted by molar-refractivity contribution is -0.120. The first-order valence-electron chi connectivity index (χ1n) is 8.83. The van der Waals surface area contributed by atoms with Gasteiger partial charge in [-0.25, -0.2) is 9.37 Å². The summed E-state index contributed by atoms with van der Waals surface area (Å²) >= 11 is 3.11. The molecule has 0 aliphatic rings. The predicted molar refractivity (Wildman–Crippen MR) is 111 cm³/mol. The number of methoxy groups -OCH3 is 1. The van der Waals surface area contributed by atoms with Gasteiger partial charge in [-0.1, -0.05) is 36.0 Å². The van der Waals surface area contributed by atoms with Crippen LogP contribution < -0.4 is 10.1 Å². The van der Waals surface area contributed by atoms with Crippen molar-refractivity contribution in [2.75, 3.05) is 13.7 Å². The van der Waals surface area contributed by atoms with E-state index in [4.69, 9.17) is 4.74 Å². The third-order valence-electron chi connectivity index (χ3n) is 4.04. The van der Waals surface area contributed by atoms with Gasteiger partial charge < -0.3 is 10.1 Å². The maximum Gasteiger partial charge on any atom is 0.226 e. The third kappa shape index (κ3) is 6.35. The molecule has 2 aromatic carbocycles. The fourth-order valence-corrected chi connectivity index (χ4v) is 4.33. The van der Waals surface area contributed by atoms with E-state index in [0.717, 1.165) is 39.1 Å². The van der Waals surface area contributed by atoms with Crippen LogP contribution in [-0.2, 0) is 23.4 Å². The summed E-state index contributed by atoms with van der Waals surface area (Å²) in [5, 5.41) is 4.85. The Kier molecular flexibility index (Phi) is 7.45. The molecule has 7 heteroatoms. The van der Waals surface area contributed by atoms with Crippen molar-refractivity contribution in [1.29, 1.82) is 0 Å². The molecule has 0 saturated heterocycles. The summed E-state index contributed by atoms with van der Waals surface area (Å²) in [5.74, 6) is 1.28. The Labute approximate surface area is 172 Å². The molecule has 0 atom stereocenters. The molecular formula is C21H21FN2O2S2. The highest BCUT2D eigenvalue weighted by Gasteiger charge is 2.08. The fraction of sp³-hybridized carbons (Fsp3) is 0.238. The second-order valence-corrected chi connectivity index (χ2v) is 8.23. The molecule has 0 spiro atoms. The summed E-state index contributed by atoms with van der Waals surface area (Å²) in [4.78, 5) is 16.6. The molecule has 1 N–H and O–H groups in total. The highest BCUT2D eigenvalue weighted by Crippen LogP contribution is 2.26. The second-order valence-electron chi connectivity index (χ2n) is 6.14. The molecule has 0 aliphatic carbocycles. The maximum atomic E-state index is 12.9. The molecular weight excluding hydrogens is 395 g/mol. The van der Waals surface area contributed by atoms with Crippen LogP contribution in [0, 0.1) is 5.82 Å². The standard InChI is InChI=1S/C21H21FN2O2S2/c1-26-19-8-4-15(5-9-19)10-11-23-20(25)12-18-14-28-21(24-18)27-13-16-2-6-17(22)7-3-16/h2-9,14H,10-13H2,1H3,(H,23,25). The zero-order valence-corrected chi connectivity index (χ0v) is 17.1. The topological polar surface area (TPSA) is 51.2 Å². The van der Waals surface area contributed by atoms with Gasteiger partial charge in [-0.3, -0.25) is 4.79 Å². The minimum absolute atomic E-state index is 0.0334. The second kappa shape index (κ2) is 10.2. The van der Waals surface area contributed by atoms with Crippen LogP contribution in [0.4, 0.5) is 4.39 Å². The zero-order valence-electron chi connectivity index (χ0n) is 15.5. The molecule has 0 fully saturated rings. The summed E-state index contributed by atoms with van der Waals surface area (Å²) < 4.78 is 19.0. The first-order chi connectivity index (χ1) is 13.6. The van der Waals surface area contributed by atoms with Crippen molar-refractivity contribution < 1.29 is 13.9 Å². The Morgan fingerprint density at radius 3 is 2.57 bits per heavy atom. The van der Waals surface area contributed by atoms with E-state index >= 15 is 0 Å². The number of rotatable bonds is 9. The van der Waals surface area contributed by atoms with Crippen LogP contribution in [-0.4, -0.2) is 24.5 Å². The largest absolute Gasteiger partial charge is 0.497 e. The van der Waals surface area contributed by atoms with Gasteiger partial charge in [0, 0.05) is 17.7 Å². The molecule has 0 unspecified atom stereocenters. The van der Waals surface area contributed by atoms with Crippen LogP contribution in [0.1, 0.15) is 16.8 Å². The molecule has 146 valence electrons. The first-order valence-corrected chi connectivity index (χ1v) is 10.7. The molecule has 0 radical (unpaired) electrons. The van der Waals surface area contributed by atoms with Crippen molar-refractivity contribution in [2.24, 2.45) is 0 Å². The number of ether oxygens (including phenoxy) is 1. The average molecular weight is 417 g/mol. The number of carbonyl (C=O) groups excluding carboxylic acids is 1. The Morgan fingerprint density at radius 1 is 1.14 bits per heavy atom. The van der Waals surface area contributed by atoms with E-state index in [1.807, 2.05) is 29.6 Å². The van der Waals surface area contributed by atoms with E-state index in [-0.39, 0.29) is 18.1 Å². The Hall–Kier alpha value is -2.38. The zero-order chi connectivity index (χ0) is 19.8. The first kappa shape index (κ1) is 20.4. The molecule has 28 heavy (non-hydrogen) atoms. The number of thiazole rings is 1. The van der Waals surface area contributed by atoms with Crippen LogP contribution in [0.15, 0.2) is 58.3 Å². The minimum Gasteiger partial charge on any atom is -0.497 e. The van der Waals surface area contributed by atoms with E-state index in [0.29, 0.717) is 6.54 Å². The number of halogens is 1. The normalized spacial score (nSPS) is 10.6. The van der Waals surface area contributed by atoms with Gasteiger partial charge in [0.05, 0.1) is 19.2 Å². The number of carbonyl (C=O) groups is 1. The summed E-state index contributed by atoms with van der Waals surface area (Å²) in [6.45, 7) is 0.585. The molecule has 4 nitrogen and oxygen atoms in total. The lowest BCUT2D eigenvalue weighted by Crippen LogP contribution is -2.27. The summed E-state index contributed by atoms with van der Waals surface area (Å²) in [5.41, 5.74) is 2.96. The number of hydrogen-bond donors (Lipinski definition) is 1. The van der Waals surface area contributed by atoms with Crippen molar-refractivity contribution in [2.45, 2.75) is 22.9 Å². The fourth-order valence-electron chi connectivity index (χ4n) is 2.53. The van der Waals surface area contributed by atoms with E-state index in [9.17, 15) is 9.18 Å². The number of hydrogen-bond acceptors (Lipinski definition) is 5. The average Bonchev–Trinajstić information content (AvgIpc) is 3.15. The van der Waals surface area contributed by atoms with Crippen LogP contribution >= 0.6 is 23.1 Å². The number of nitrogens with one attached hydrogen (secondary N) is 1. The van der Waals surface area contributed by atoms with Gasteiger partial charge in [-0.05, 0) is 41.8 Å². The van der Waals surface area contributed by atoms with E-state index in [2.05, 4.69) is 10.3 Å². The van der Waals surface area contributed by atoms with Crippen molar-refractivity contribution in [1.82, 2.24) is 10.3 Å². The van der Waals surface area contributed by atoms with Gasteiger partial charge in [-0.2, -0.15) is 0 Å². The highest BCUT2D eigenvalue weighted by atomic mass is 32.2. The Bertz CT molecular complexity index is 896. The number of thioether (sulfide) groups is 1. The molecule has 0 saturated carbocycles. The Balaban J connectivity index is 1.39. The van der Waals surface area contributed by atoms with E-state index < -0.39 is 0 Å². The number of nitrogens with zero attached hydrogens (tertiary/aromatic N) is 1. The predicted octanol–water partition coefficient (Wildman–Crippen LogP) is 4.48. The summed E-state index contributed by atoms with van der Waals surface area (Å²) in [7, 11) is 1.64. The van der Waals surface area contributed by atoms with Crippen molar-refractivity contribution in [3.05, 3.63) is 76.5 Å². The van der Waals surface area contributed by atoms with E-state index in [1.54, 1.807) is 31.0 Å². The van der Waals surface area contributed by atoms with Gasteiger partial charge >= 0.3 is 0 Å². The van der Waals surface area contributed by atoms with E-state index in [1.165, 1.54) is 23.5 Å². The van der Waals surface area contributed by atoms with Crippen molar-refractivity contribution in [3.63, 3.8) is 0 Å². The molecule has 1 heterocycles. The lowest BCUT2D eigenvalue weighted by atomic mass is 10.1. The third-order valence-corrected chi connectivity index (χ3v) is 6.18. The minimum atomic E-state index is -0.233. The van der Waals surface area contributed by atoms with Crippen LogP contribution in [0.25, 0.3) is 0 Å². The molecule has 3 aromatic rings. The lowest BCUT2D eigenvalue weighted by Gasteiger charge is -2.05. The van der Waals surface area contributed by atoms with Gasteiger partial charge in [0.1, 0.15) is 15.9 Å². The Morgan fingerprint density at radius 2 is 1.86 bits per heavy atom. The van der Waals surface area contributed by atoms with Crippen LogP contribution in [0.2, 0.25) is 0 Å². The number of amides is 1. The summed E-state index contributed by atoms with van der Waals surface area (Å²) in [6.07, 6.45) is 1.04. The van der Waals surface area contributed by atoms with Crippen molar-refractivity contribution in [3.8, 4) is 5.75 Å². The van der Waals surface area contributed by atoms with Gasteiger partial charge in [-0.15, -0.1) is 11.3 Å². The van der Waals surface area contributed by atoms with Crippen LogP contribution in [0.5, 0.6) is 5.75 Å². The van der Waals surface area contributed by atoms with Crippen molar-refractivity contribution >= 4 is 29.0 Å². The number of aromatic nitrogens is 1. The molecule has 1 amide bonds.